The van der Waals surface area contributed by atoms with E-state index < -0.39 is 40.1 Å². The van der Waals surface area contributed by atoms with Crippen molar-refractivity contribution in [3.63, 3.8) is 0 Å². The predicted molar refractivity (Wildman–Crippen MR) is 272 cm³/mol. The van der Waals surface area contributed by atoms with Gasteiger partial charge in [-0.15, -0.1) is 0 Å². The van der Waals surface area contributed by atoms with Gasteiger partial charge in [0, 0.05) is 91.6 Å². The summed E-state index contributed by atoms with van der Waals surface area (Å²) in [5, 5.41) is 0. The van der Waals surface area contributed by atoms with Gasteiger partial charge in [0.1, 0.15) is 0 Å². The number of rotatable bonds is 33. The lowest BCUT2D eigenvalue weighted by Crippen LogP contribution is -2.47. The van der Waals surface area contributed by atoms with E-state index in [0.717, 1.165) is 48.2 Å². The van der Waals surface area contributed by atoms with Gasteiger partial charge in [0.2, 0.25) is 40.1 Å². The van der Waals surface area contributed by atoms with Gasteiger partial charge >= 0.3 is 0 Å². The molecule has 16 nitrogen and oxygen atoms in total. The molecule has 0 radical (unpaired) electrons. The van der Waals surface area contributed by atoms with Gasteiger partial charge in [0.25, 0.3) is 0 Å². The molecular formula is C48H74N8O8S4. The third kappa shape index (κ3) is 19.6. The Morgan fingerprint density at radius 1 is 0.294 bits per heavy atom. The lowest BCUT2D eigenvalue weighted by Gasteiger charge is -2.32. The Morgan fingerprint density at radius 3 is 0.662 bits per heavy atom. The van der Waals surface area contributed by atoms with Crippen LogP contribution in [-0.4, -0.2) is 158 Å². The van der Waals surface area contributed by atoms with Crippen molar-refractivity contribution in [1.29, 1.82) is 0 Å². The Bertz CT molecular complexity index is 2390. The first-order valence-corrected chi connectivity index (χ1v) is 29.3. The van der Waals surface area contributed by atoms with E-state index in [0.29, 0.717) is 65.4 Å². The third-order valence-corrected chi connectivity index (χ3v) is 17.4. The third-order valence-electron chi connectivity index (χ3n) is 11.5. The lowest BCUT2D eigenvalue weighted by molar-refractivity contribution is 0.157. The molecule has 0 aromatic heterocycles. The number of benzene rings is 4. The standard InChI is InChI=1S/C48H74N8O8S4/c1-7-29-53(31-25-49-65(57,58)45-17-9-41(3)10-18-45)35-38-56(39-36-54(30-8-2)32-26-50-66(59,60)46-19-11-42(4)12-20-46)40-37-55(33-27-51-67(61,62)47-21-13-43(5)14-22-47)34-28-52-68(63,64)48-23-15-44(6)16-24-48/h9-24,49-52H,7-8,25-40H2,1-6H3. The second-order valence-electron chi connectivity index (χ2n) is 17.2. The first kappa shape index (κ1) is 56.9. The summed E-state index contributed by atoms with van der Waals surface area (Å²) in [5.41, 5.74) is 3.82. The molecule has 0 aliphatic rings. The summed E-state index contributed by atoms with van der Waals surface area (Å²) in [7, 11) is -15.0. The van der Waals surface area contributed by atoms with Crippen LogP contribution in [0.15, 0.2) is 117 Å². The zero-order chi connectivity index (χ0) is 49.8. The molecule has 4 rings (SSSR count). The maximum Gasteiger partial charge on any atom is 0.240 e. The summed E-state index contributed by atoms with van der Waals surface area (Å²) in [6.07, 6.45) is 1.72. The number of aryl methyl sites for hydroxylation is 4. The van der Waals surface area contributed by atoms with E-state index in [-0.39, 0.29) is 45.8 Å². The number of nitrogens with one attached hydrogen (secondary N) is 4. The van der Waals surface area contributed by atoms with Crippen LogP contribution in [0, 0.1) is 27.7 Å². The first-order valence-electron chi connectivity index (χ1n) is 23.4. The largest absolute Gasteiger partial charge is 0.301 e. The normalized spacial score (nSPS) is 12.8. The maximum absolute atomic E-state index is 13.2. The second kappa shape index (κ2) is 27.7. The minimum absolute atomic E-state index is 0.0898. The highest BCUT2D eigenvalue weighted by molar-refractivity contribution is 7.90. The Morgan fingerprint density at radius 2 is 0.471 bits per heavy atom. The molecule has 0 saturated heterocycles. The Labute approximate surface area is 408 Å². The molecule has 4 N–H and O–H groups in total. The number of nitrogens with zero attached hydrogens (tertiary/aromatic N) is 4. The van der Waals surface area contributed by atoms with Crippen molar-refractivity contribution < 1.29 is 33.7 Å². The molecule has 4 aromatic rings. The molecule has 0 fully saturated rings. The van der Waals surface area contributed by atoms with E-state index in [1.54, 1.807) is 97.1 Å². The fourth-order valence-corrected chi connectivity index (χ4v) is 11.5. The quantitative estimate of drug-likeness (QED) is 0.0533. The zero-order valence-corrected chi connectivity index (χ0v) is 43.9. The fourth-order valence-electron chi connectivity index (χ4n) is 7.38. The van der Waals surface area contributed by atoms with Crippen LogP contribution in [0.25, 0.3) is 0 Å². The van der Waals surface area contributed by atoms with Crippen molar-refractivity contribution in [2.24, 2.45) is 0 Å². The SMILES string of the molecule is CCCN(CCNS(=O)(=O)c1ccc(C)cc1)CCN(CCN(CCC)CCNS(=O)(=O)c1ccc(C)cc1)CCN(CCNS(=O)(=O)c1ccc(C)cc1)CCNS(=O)(=O)c1ccc(C)cc1. The number of hydrogen-bond acceptors (Lipinski definition) is 12. The van der Waals surface area contributed by atoms with Crippen LogP contribution in [0.3, 0.4) is 0 Å². The van der Waals surface area contributed by atoms with Crippen LogP contribution in [0.2, 0.25) is 0 Å². The molecule has 0 spiro atoms. The minimum atomic E-state index is -3.80. The van der Waals surface area contributed by atoms with E-state index in [1.807, 2.05) is 32.6 Å². The van der Waals surface area contributed by atoms with Gasteiger partial charge < -0.3 is 9.80 Å². The van der Waals surface area contributed by atoms with Gasteiger partial charge in [0.05, 0.1) is 19.6 Å². The number of hydrogen-bond donors (Lipinski definition) is 4. The smallest absolute Gasteiger partial charge is 0.240 e. The topological polar surface area (TPSA) is 198 Å². The molecular weight excluding hydrogens is 945 g/mol. The van der Waals surface area contributed by atoms with Crippen LogP contribution < -0.4 is 18.9 Å². The Hall–Kier alpha value is -3.64. The van der Waals surface area contributed by atoms with E-state index in [4.69, 9.17) is 0 Å². The first-order chi connectivity index (χ1) is 32.2. The molecule has 0 atom stereocenters. The van der Waals surface area contributed by atoms with E-state index in [9.17, 15) is 33.7 Å². The minimum Gasteiger partial charge on any atom is -0.301 e. The molecule has 4 aromatic carbocycles. The van der Waals surface area contributed by atoms with Gasteiger partial charge in [0.15, 0.2) is 0 Å². The van der Waals surface area contributed by atoms with Crippen molar-refractivity contribution >= 4 is 40.1 Å². The Kier molecular flexibility index (Phi) is 23.2. The van der Waals surface area contributed by atoms with Crippen molar-refractivity contribution in [1.82, 2.24) is 38.5 Å². The average molecular weight is 1020 g/mol. The van der Waals surface area contributed by atoms with E-state index in [2.05, 4.69) is 47.4 Å². The molecule has 0 amide bonds. The highest BCUT2D eigenvalue weighted by Crippen LogP contribution is 2.13. The summed E-state index contributed by atoms with van der Waals surface area (Å²) in [6, 6.07) is 26.7. The highest BCUT2D eigenvalue weighted by Gasteiger charge is 2.20. The molecule has 0 heterocycles. The summed E-state index contributed by atoms with van der Waals surface area (Å²) >= 11 is 0. The van der Waals surface area contributed by atoms with Crippen LogP contribution in [-0.2, 0) is 40.1 Å². The molecule has 0 unspecified atom stereocenters. The molecule has 0 aliphatic heterocycles. The second-order valence-corrected chi connectivity index (χ2v) is 24.3. The highest BCUT2D eigenvalue weighted by atomic mass is 32.2. The van der Waals surface area contributed by atoms with Crippen molar-refractivity contribution in [3.8, 4) is 0 Å². The summed E-state index contributed by atoms with van der Waals surface area (Å²) in [5.74, 6) is 0. The molecule has 378 valence electrons. The summed E-state index contributed by atoms with van der Waals surface area (Å²) < 4.78 is 116. The molecule has 68 heavy (non-hydrogen) atoms. The van der Waals surface area contributed by atoms with Gasteiger partial charge in [-0.1, -0.05) is 84.6 Å². The van der Waals surface area contributed by atoms with Gasteiger partial charge in [-0.2, -0.15) is 0 Å². The summed E-state index contributed by atoms with van der Waals surface area (Å²) in [4.78, 5) is 9.54. The maximum atomic E-state index is 13.2. The Balaban J connectivity index is 1.49. The fraction of sp³-hybridized carbons (Fsp3) is 0.500. The van der Waals surface area contributed by atoms with Crippen molar-refractivity contribution in [2.45, 2.75) is 74.0 Å². The molecule has 0 aliphatic carbocycles. The van der Waals surface area contributed by atoms with Gasteiger partial charge in [-0.05, 0) is 102 Å². The van der Waals surface area contributed by atoms with Gasteiger partial charge in [-0.25, -0.2) is 52.6 Å². The number of sulfonamides is 4. The average Bonchev–Trinajstić information content (AvgIpc) is 3.28. The molecule has 20 heteroatoms. The van der Waals surface area contributed by atoms with Crippen LogP contribution >= 0.6 is 0 Å². The predicted octanol–water partition coefficient (Wildman–Crippen LogP) is 4.16. The lowest BCUT2D eigenvalue weighted by atomic mass is 10.2. The van der Waals surface area contributed by atoms with E-state index in [1.165, 1.54) is 0 Å². The monoisotopic (exact) mass is 1020 g/mol. The van der Waals surface area contributed by atoms with Gasteiger partial charge in [-0.3, -0.25) is 9.80 Å². The van der Waals surface area contributed by atoms with Crippen molar-refractivity contribution in [2.75, 3.05) is 105 Å². The van der Waals surface area contributed by atoms with E-state index >= 15 is 0 Å². The van der Waals surface area contributed by atoms with Crippen LogP contribution in [0.4, 0.5) is 0 Å². The van der Waals surface area contributed by atoms with Crippen LogP contribution in [0.1, 0.15) is 48.9 Å². The van der Waals surface area contributed by atoms with Crippen molar-refractivity contribution in [3.05, 3.63) is 119 Å². The van der Waals surface area contributed by atoms with Crippen LogP contribution in [0.5, 0.6) is 0 Å². The molecule has 0 saturated carbocycles. The zero-order valence-electron chi connectivity index (χ0n) is 40.7. The molecule has 0 bridgehead atoms. The summed E-state index contributed by atoms with van der Waals surface area (Å²) in [6.45, 7) is 19.0.